The molecule has 0 unspecified atom stereocenters. The summed E-state index contributed by atoms with van der Waals surface area (Å²) in [6, 6.07) is 13.5. The quantitative estimate of drug-likeness (QED) is 0.703. The van der Waals surface area contributed by atoms with Crippen molar-refractivity contribution in [2.45, 2.75) is 13.3 Å². The summed E-state index contributed by atoms with van der Waals surface area (Å²) in [6.45, 7) is 2.04. The van der Waals surface area contributed by atoms with Crippen LogP contribution in [0.1, 0.15) is 21.5 Å². The van der Waals surface area contributed by atoms with Crippen LogP contribution in [0.3, 0.4) is 0 Å². The maximum atomic E-state index is 12.4. The molecule has 1 N–H and O–H groups in total. The number of carbonyl (C=O) groups is 1. The van der Waals surface area contributed by atoms with Gasteiger partial charge in [-0.1, -0.05) is 35.9 Å². The number of hydrogen-bond donors (Lipinski definition) is 1. The fraction of sp³-hybridized carbons (Fsp3) is 0.118. The molecular formula is C17H14ClNO. The molecule has 20 heavy (non-hydrogen) atoms. The summed E-state index contributed by atoms with van der Waals surface area (Å²) in [7, 11) is 0. The Morgan fingerprint density at radius 3 is 2.65 bits per heavy atom. The fourth-order valence-electron chi connectivity index (χ4n) is 2.35. The molecule has 0 spiro atoms. The molecule has 3 rings (SSSR count). The van der Waals surface area contributed by atoms with Crippen molar-refractivity contribution < 1.29 is 4.79 Å². The number of fused-ring (bicyclic) bond motifs is 1. The third-order valence-electron chi connectivity index (χ3n) is 3.42. The van der Waals surface area contributed by atoms with Crippen LogP contribution in [-0.2, 0) is 6.42 Å². The van der Waals surface area contributed by atoms with Gasteiger partial charge in [0.05, 0.1) is 0 Å². The molecule has 2 aromatic carbocycles. The normalized spacial score (nSPS) is 10.9. The highest BCUT2D eigenvalue weighted by molar-refractivity contribution is 6.30. The summed E-state index contributed by atoms with van der Waals surface area (Å²) >= 11 is 5.85. The van der Waals surface area contributed by atoms with E-state index in [1.807, 2.05) is 43.3 Å². The van der Waals surface area contributed by atoms with Crippen LogP contribution in [0.15, 0.2) is 48.7 Å². The molecule has 1 aromatic heterocycles. The lowest BCUT2D eigenvalue weighted by Gasteiger charge is -2.01. The van der Waals surface area contributed by atoms with E-state index in [-0.39, 0.29) is 5.78 Å². The Morgan fingerprint density at radius 2 is 1.90 bits per heavy atom. The van der Waals surface area contributed by atoms with Crippen molar-refractivity contribution in [3.63, 3.8) is 0 Å². The van der Waals surface area contributed by atoms with E-state index in [1.165, 1.54) is 5.56 Å². The number of benzene rings is 2. The summed E-state index contributed by atoms with van der Waals surface area (Å²) in [5.74, 6) is 0.113. The SMILES string of the molecule is Cc1ccc2c(C(=O)Cc3ccc(Cl)cc3)c[nH]c2c1. The van der Waals surface area contributed by atoms with Crippen molar-refractivity contribution in [1.29, 1.82) is 0 Å². The summed E-state index contributed by atoms with van der Waals surface area (Å²) in [4.78, 5) is 15.6. The molecule has 0 bridgehead atoms. The molecule has 0 saturated heterocycles. The van der Waals surface area contributed by atoms with Gasteiger partial charge in [-0.15, -0.1) is 0 Å². The van der Waals surface area contributed by atoms with Gasteiger partial charge >= 0.3 is 0 Å². The number of halogens is 1. The average Bonchev–Trinajstić information content (AvgIpc) is 2.84. The fourth-order valence-corrected chi connectivity index (χ4v) is 2.48. The van der Waals surface area contributed by atoms with Crippen molar-refractivity contribution in [2.75, 3.05) is 0 Å². The predicted octanol–water partition coefficient (Wildman–Crippen LogP) is 4.56. The molecule has 2 nitrogen and oxygen atoms in total. The Kier molecular flexibility index (Phi) is 3.33. The van der Waals surface area contributed by atoms with E-state index in [0.717, 1.165) is 22.0 Å². The summed E-state index contributed by atoms with van der Waals surface area (Å²) < 4.78 is 0. The number of H-pyrrole nitrogens is 1. The molecule has 0 radical (unpaired) electrons. The molecule has 100 valence electrons. The number of carbonyl (C=O) groups excluding carboxylic acids is 1. The number of nitrogens with one attached hydrogen (secondary N) is 1. The van der Waals surface area contributed by atoms with E-state index < -0.39 is 0 Å². The van der Waals surface area contributed by atoms with Crippen LogP contribution in [0.25, 0.3) is 10.9 Å². The molecule has 1 heterocycles. The van der Waals surface area contributed by atoms with Crippen LogP contribution in [0.5, 0.6) is 0 Å². The lowest BCUT2D eigenvalue weighted by atomic mass is 10.0. The smallest absolute Gasteiger partial charge is 0.169 e. The van der Waals surface area contributed by atoms with Gasteiger partial charge in [-0.2, -0.15) is 0 Å². The van der Waals surface area contributed by atoms with Crippen molar-refractivity contribution in [1.82, 2.24) is 4.98 Å². The summed E-state index contributed by atoms with van der Waals surface area (Å²) in [5, 5.41) is 1.67. The molecule has 0 aliphatic heterocycles. The Hall–Kier alpha value is -2.06. The zero-order valence-electron chi connectivity index (χ0n) is 11.1. The van der Waals surface area contributed by atoms with Gasteiger partial charge < -0.3 is 4.98 Å². The maximum Gasteiger partial charge on any atom is 0.169 e. The Balaban J connectivity index is 1.91. The number of rotatable bonds is 3. The Labute approximate surface area is 122 Å². The highest BCUT2D eigenvalue weighted by Gasteiger charge is 2.12. The van der Waals surface area contributed by atoms with Gasteiger partial charge in [-0.25, -0.2) is 0 Å². The number of Topliss-reactive ketones (excluding diaryl/α,β-unsaturated/α-hetero) is 1. The number of ketones is 1. The number of hydrogen-bond acceptors (Lipinski definition) is 1. The van der Waals surface area contributed by atoms with Gasteiger partial charge in [0.25, 0.3) is 0 Å². The number of aromatic nitrogens is 1. The average molecular weight is 284 g/mol. The van der Waals surface area contributed by atoms with E-state index in [0.29, 0.717) is 11.4 Å². The molecule has 0 fully saturated rings. The molecule has 3 heteroatoms. The molecule has 3 aromatic rings. The second-order valence-electron chi connectivity index (χ2n) is 4.98. The van der Waals surface area contributed by atoms with Gasteiger partial charge in [-0.05, 0) is 36.2 Å². The minimum atomic E-state index is 0.113. The molecule has 0 atom stereocenters. The van der Waals surface area contributed by atoms with Gasteiger partial charge in [0, 0.05) is 34.1 Å². The molecule has 0 saturated carbocycles. The van der Waals surface area contributed by atoms with Crippen LogP contribution < -0.4 is 0 Å². The van der Waals surface area contributed by atoms with Crippen LogP contribution in [0.4, 0.5) is 0 Å². The van der Waals surface area contributed by atoms with E-state index in [1.54, 1.807) is 6.20 Å². The van der Waals surface area contributed by atoms with Crippen LogP contribution >= 0.6 is 11.6 Å². The molecular weight excluding hydrogens is 270 g/mol. The van der Waals surface area contributed by atoms with Gasteiger partial charge in [-0.3, -0.25) is 4.79 Å². The number of aryl methyl sites for hydroxylation is 1. The van der Waals surface area contributed by atoms with Crippen LogP contribution in [0, 0.1) is 6.92 Å². The lowest BCUT2D eigenvalue weighted by molar-refractivity contribution is 0.0994. The predicted molar refractivity (Wildman–Crippen MR) is 82.5 cm³/mol. The van der Waals surface area contributed by atoms with Crippen molar-refractivity contribution in [3.8, 4) is 0 Å². The highest BCUT2D eigenvalue weighted by atomic mass is 35.5. The summed E-state index contributed by atoms with van der Waals surface area (Å²) in [6.07, 6.45) is 2.18. The Morgan fingerprint density at radius 1 is 1.15 bits per heavy atom. The third-order valence-corrected chi connectivity index (χ3v) is 3.67. The largest absolute Gasteiger partial charge is 0.360 e. The van der Waals surface area contributed by atoms with Crippen molar-refractivity contribution >= 4 is 28.3 Å². The summed E-state index contributed by atoms with van der Waals surface area (Å²) in [5.41, 5.74) is 3.90. The monoisotopic (exact) mass is 283 g/mol. The first-order valence-corrected chi connectivity index (χ1v) is 6.86. The number of aromatic amines is 1. The zero-order valence-corrected chi connectivity index (χ0v) is 11.9. The van der Waals surface area contributed by atoms with Gasteiger partial charge in [0.1, 0.15) is 0 Å². The first-order valence-electron chi connectivity index (χ1n) is 6.49. The minimum Gasteiger partial charge on any atom is -0.360 e. The second kappa shape index (κ2) is 5.14. The Bertz CT molecular complexity index is 771. The standard InChI is InChI=1S/C17H14ClNO/c1-11-2-7-14-15(10-19-16(14)8-11)17(20)9-12-3-5-13(18)6-4-12/h2-8,10,19H,9H2,1H3. The molecule has 0 amide bonds. The van der Waals surface area contributed by atoms with E-state index in [4.69, 9.17) is 11.6 Å². The van der Waals surface area contributed by atoms with Crippen LogP contribution in [-0.4, -0.2) is 10.8 Å². The highest BCUT2D eigenvalue weighted by Crippen LogP contribution is 2.21. The van der Waals surface area contributed by atoms with Crippen molar-refractivity contribution in [3.05, 3.63) is 70.4 Å². The second-order valence-corrected chi connectivity index (χ2v) is 5.41. The van der Waals surface area contributed by atoms with Crippen LogP contribution in [0.2, 0.25) is 5.02 Å². The zero-order chi connectivity index (χ0) is 14.1. The van der Waals surface area contributed by atoms with E-state index in [9.17, 15) is 4.79 Å². The molecule has 0 aliphatic carbocycles. The first-order chi connectivity index (χ1) is 9.63. The topological polar surface area (TPSA) is 32.9 Å². The first kappa shape index (κ1) is 12.9. The minimum absolute atomic E-state index is 0.113. The maximum absolute atomic E-state index is 12.4. The van der Waals surface area contributed by atoms with Crippen molar-refractivity contribution in [2.24, 2.45) is 0 Å². The van der Waals surface area contributed by atoms with Gasteiger partial charge in [0.2, 0.25) is 0 Å². The molecule has 0 aliphatic rings. The lowest BCUT2D eigenvalue weighted by Crippen LogP contribution is -2.02. The van der Waals surface area contributed by atoms with Gasteiger partial charge in [0.15, 0.2) is 5.78 Å². The van der Waals surface area contributed by atoms with E-state index in [2.05, 4.69) is 11.1 Å². The third kappa shape index (κ3) is 2.47. The van der Waals surface area contributed by atoms with E-state index >= 15 is 0 Å².